The van der Waals surface area contributed by atoms with Gasteiger partial charge in [0.15, 0.2) is 0 Å². The number of benzene rings is 3. The maximum atomic E-state index is 13.3. The van der Waals surface area contributed by atoms with Crippen molar-refractivity contribution in [2.24, 2.45) is 0 Å². The number of aromatic amines is 1. The second-order valence-corrected chi connectivity index (χ2v) is 8.16. The first-order valence-corrected chi connectivity index (χ1v) is 10.5. The van der Waals surface area contributed by atoms with E-state index >= 15 is 0 Å². The number of nitrogens with zero attached hydrogens (tertiary/aromatic N) is 2. The third kappa shape index (κ3) is 3.34. The van der Waals surface area contributed by atoms with Gasteiger partial charge in [-0.25, -0.2) is 4.98 Å². The fourth-order valence-electron chi connectivity index (χ4n) is 4.25. The number of hydrogen-bond donors (Lipinski definition) is 3. The van der Waals surface area contributed by atoms with Gasteiger partial charge in [0.2, 0.25) is 5.95 Å². The minimum Gasteiger partial charge on any atom is -0.508 e. The lowest BCUT2D eigenvalue weighted by Gasteiger charge is -2.23. The van der Waals surface area contributed by atoms with E-state index in [-0.39, 0.29) is 23.0 Å². The number of amides is 1. The number of rotatable bonds is 3. The number of anilines is 1. The highest BCUT2D eigenvalue weighted by atomic mass is 16.3. The molecule has 1 aliphatic rings. The number of aliphatic hydroxyl groups is 1. The van der Waals surface area contributed by atoms with Crippen LogP contribution in [-0.2, 0) is 9.59 Å². The van der Waals surface area contributed by atoms with Crippen LogP contribution in [0.3, 0.4) is 0 Å². The highest BCUT2D eigenvalue weighted by Gasteiger charge is 2.48. The molecule has 2 heterocycles. The topological polar surface area (TPSA) is 107 Å². The van der Waals surface area contributed by atoms with E-state index in [2.05, 4.69) is 9.97 Å². The number of aryl methyl sites for hydroxylation is 2. The van der Waals surface area contributed by atoms with Crippen LogP contribution in [0.5, 0.6) is 5.75 Å². The number of fused-ring (bicyclic) bond motifs is 1. The van der Waals surface area contributed by atoms with E-state index < -0.39 is 17.7 Å². The molecule has 7 nitrogen and oxygen atoms in total. The zero-order valence-electron chi connectivity index (χ0n) is 18.0. The Morgan fingerprint density at radius 3 is 2.55 bits per heavy atom. The number of imidazole rings is 1. The number of aromatic nitrogens is 2. The molecule has 0 radical (unpaired) electrons. The minimum atomic E-state index is -0.974. The van der Waals surface area contributed by atoms with Gasteiger partial charge in [-0.2, -0.15) is 0 Å². The van der Waals surface area contributed by atoms with Gasteiger partial charge in [-0.3, -0.25) is 14.5 Å². The number of Topliss-reactive ketones (excluding diaryl/α,β-unsaturated/α-hetero) is 1. The molecule has 1 atom stereocenters. The Bertz CT molecular complexity index is 1430. The number of carbonyl (C=O) groups excluding carboxylic acids is 2. The predicted molar refractivity (Wildman–Crippen MR) is 125 cm³/mol. The fourth-order valence-corrected chi connectivity index (χ4v) is 4.25. The van der Waals surface area contributed by atoms with Crippen LogP contribution in [-0.4, -0.2) is 31.9 Å². The average molecular weight is 439 g/mol. The van der Waals surface area contributed by atoms with Gasteiger partial charge in [0.1, 0.15) is 11.5 Å². The molecule has 0 bridgehead atoms. The maximum absolute atomic E-state index is 13.3. The number of hydrogen-bond acceptors (Lipinski definition) is 5. The summed E-state index contributed by atoms with van der Waals surface area (Å²) in [7, 11) is 0. The molecule has 0 saturated carbocycles. The summed E-state index contributed by atoms with van der Waals surface area (Å²) in [5.41, 5.74) is 3.91. The molecule has 7 heteroatoms. The Morgan fingerprint density at radius 2 is 1.79 bits per heavy atom. The molecule has 164 valence electrons. The molecule has 1 aromatic heterocycles. The highest BCUT2D eigenvalue weighted by molar-refractivity contribution is 6.51. The number of phenols is 1. The highest BCUT2D eigenvalue weighted by Crippen LogP contribution is 2.42. The summed E-state index contributed by atoms with van der Waals surface area (Å²) in [6, 6.07) is 18.1. The molecule has 1 saturated heterocycles. The molecular formula is C26H21N3O4. The van der Waals surface area contributed by atoms with Gasteiger partial charge in [0, 0.05) is 5.56 Å². The van der Waals surface area contributed by atoms with Crippen LogP contribution < -0.4 is 4.90 Å². The first-order valence-electron chi connectivity index (χ1n) is 10.5. The summed E-state index contributed by atoms with van der Waals surface area (Å²) in [5.74, 6) is -1.72. The molecule has 3 aromatic carbocycles. The van der Waals surface area contributed by atoms with Crippen LogP contribution in [0.25, 0.3) is 16.8 Å². The Labute approximate surface area is 189 Å². The van der Waals surface area contributed by atoms with Crippen LogP contribution in [0.1, 0.15) is 28.3 Å². The van der Waals surface area contributed by atoms with E-state index in [1.807, 2.05) is 44.2 Å². The zero-order valence-corrected chi connectivity index (χ0v) is 18.0. The second-order valence-electron chi connectivity index (χ2n) is 8.16. The number of ketones is 1. The third-order valence-corrected chi connectivity index (χ3v) is 5.88. The van der Waals surface area contributed by atoms with Crippen molar-refractivity contribution in [2.75, 3.05) is 4.90 Å². The van der Waals surface area contributed by atoms with Gasteiger partial charge in [-0.05, 0) is 55.3 Å². The van der Waals surface area contributed by atoms with Crippen molar-refractivity contribution in [1.82, 2.24) is 9.97 Å². The smallest absolute Gasteiger partial charge is 0.302 e. The van der Waals surface area contributed by atoms with Crippen molar-refractivity contribution >= 4 is 34.4 Å². The van der Waals surface area contributed by atoms with Gasteiger partial charge in [0.25, 0.3) is 5.78 Å². The van der Waals surface area contributed by atoms with Gasteiger partial charge < -0.3 is 15.2 Å². The van der Waals surface area contributed by atoms with E-state index in [0.717, 1.165) is 11.1 Å². The molecule has 3 N–H and O–H groups in total. The number of para-hydroxylation sites is 2. The Balaban J connectivity index is 1.77. The van der Waals surface area contributed by atoms with Crippen LogP contribution >= 0.6 is 0 Å². The molecule has 1 unspecified atom stereocenters. The molecule has 33 heavy (non-hydrogen) atoms. The molecular weight excluding hydrogens is 418 g/mol. The van der Waals surface area contributed by atoms with Crippen molar-refractivity contribution in [3.8, 4) is 5.75 Å². The summed E-state index contributed by atoms with van der Waals surface area (Å²) in [5, 5.41) is 21.4. The third-order valence-electron chi connectivity index (χ3n) is 5.88. The van der Waals surface area contributed by atoms with E-state index in [0.29, 0.717) is 22.2 Å². The lowest BCUT2D eigenvalue weighted by atomic mass is 9.93. The Kier molecular flexibility index (Phi) is 4.74. The van der Waals surface area contributed by atoms with E-state index in [9.17, 15) is 19.8 Å². The van der Waals surface area contributed by atoms with Crippen molar-refractivity contribution in [1.29, 1.82) is 0 Å². The summed E-state index contributed by atoms with van der Waals surface area (Å²) in [6.45, 7) is 3.71. The van der Waals surface area contributed by atoms with Crippen molar-refractivity contribution in [2.45, 2.75) is 19.9 Å². The lowest BCUT2D eigenvalue weighted by molar-refractivity contribution is -0.132. The van der Waals surface area contributed by atoms with Gasteiger partial charge in [-0.1, -0.05) is 42.0 Å². The summed E-state index contributed by atoms with van der Waals surface area (Å²) < 4.78 is 0. The van der Waals surface area contributed by atoms with Crippen molar-refractivity contribution < 1.29 is 19.8 Å². The number of phenolic OH excluding ortho intramolecular Hbond substituents is 1. The normalized spacial score (nSPS) is 17.8. The number of nitrogens with one attached hydrogen (secondary N) is 1. The van der Waals surface area contributed by atoms with Gasteiger partial charge in [0.05, 0.1) is 22.6 Å². The fraction of sp³-hybridized carbons (Fsp3) is 0.115. The maximum Gasteiger partial charge on any atom is 0.302 e. The number of aliphatic hydroxyl groups excluding tert-OH is 1. The Hall–Kier alpha value is -4.39. The van der Waals surface area contributed by atoms with E-state index in [1.165, 1.54) is 17.0 Å². The Morgan fingerprint density at radius 1 is 1.00 bits per heavy atom. The molecule has 1 aliphatic heterocycles. The SMILES string of the molecule is Cc1ccc(C)c(/C(O)=C2\C(=O)C(=O)N(c3nc4ccccc4[nH]3)C2c2cccc(O)c2)c1. The number of aromatic hydroxyl groups is 1. The molecule has 5 rings (SSSR count). The standard InChI is InChI=1S/C26H21N3O4/c1-14-10-11-15(2)18(12-14)23(31)21-22(16-6-5-7-17(30)13-16)29(25(33)24(21)32)26-27-19-8-3-4-9-20(19)28-26/h3-13,22,30-31H,1-2H3,(H,27,28)/b23-21+. The van der Waals surface area contributed by atoms with Crippen LogP contribution in [0.2, 0.25) is 0 Å². The van der Waals surface area contributed by atoms with Crippen molar-refractivity contribution in [3.63, 3.8) is 0 Å². The summed E-state index contributed by atoms with van der Waals surface area (Å²) in [6.07, 6.45) is 0. The molecule has 1 fully saturated rings. The van der Waals surface area contributed by atoms with Gasteiger partial charge >= 0.3 is 5.91 Å². The summed E-state index contributed by atoms with van der Waals surface area (Å²) >= 11 is 0. The molecule has 1 amide bonds. The van der Waals surface area contributed by atoms with E-state index in [4.69, 9.17) is 0 Å². The van der Waals surface area contributed by atoms with Crippen LogP contribution in [0.15, 0.2) is 72.3 Å². The first-order chi connectivity index (χ1) is 15.8. The number of H-pyrrole nitrogens is 1. The molecule has 0 aliphatic carbocycles. The molecule has 4 aromatic rings. The summed E-state index contributed by atoms with van der Waals surface area (Å²) in [4.78, 5) is 35.4. The monoisotopic (exact) mass is 439 g/mol. The van der Waals surface area contributed by atoms with Crippen LogP contribution in [0.4, 0.5) is 5.95 Å². The largest absolute Gasteiger partial charge is 0.508 e. The van der Waals surface area contributed by atoms with Gasteiger partial charge in [-0.15, -0.1) is 0 Å². The quantitative estimate of drug-likeness (QED) is 0.247. The van der Waals surface area contributed by atoms with E-state index in [1.54, 1.807) is 24.3 Å². The molecule has 0 spiro atoms. The second kappa shape index (κ2) is 7.63. The minimum absolute atomic E-state index is 0.0190. The first kappa shape index (κ1) is 20.5. The lowest BCUT2D eigenvalue weighted by Crippen LogP contribution is -2.30. The van der Waals surface area contributed by atoms with Crippen LogP contribution in [0, 0.1) is 13.8 Å². The zero-order chi connectivity index (χ0) is 23.3. The number of carbonyl (C=O) groups is 2. The predicted octanol–water partition coefficient (Wildman–Crippen LogP) is 4.51. The van der Waals surface area contributed by atoms with Crippen molar-refractivity contribution in [3.05, 3.63) is 94.6 Å². The average Bonchev–Trinajstić information content (AvgIpc) is 3.33.